The molecule has 0 atom stereocenters. The minimum Gasteiger partial charge on any atom is -0.360 e. The van der Waals surface area contributed by atoms with Crippen LogP contribution in [-0.4, -0.2) is 35.7 Å². The maximum absolute atomic E-state index is 5.64. The highest BCUT2D eigenvalue weighted by atomic mass is 35.5. The average molecular weight is 260 g/mol. The van der Waals surface area contributed by atoms with Gasteiger partial charge in [-0.05, 0) is 19.1 Å². The lowest BCUT2D eigenvalue weighted by molar-refractivity contribution is 0.702. The molecule has 0 amide bonds. The highest BCUT2D eigenvalue weighted by molar-refractivity contribution is 7.98. The standard InChI is InChI=1S/C11H18ClN3S/c1-15(7-5-3-4-6-12)10-8-11(16-2)14-9-13-10/h8-9H,3-7H2,1-2H3. The Kier molecular flexibility index (Phi) is 6.57. The molecule has 0 aliphatic carbocycles. The van der Waals surface area contributed by atoms with Gasteiger partial charge >= 0.3 is 0 Å². The summed E-state index contributed by atoms with van der Waals surface area (Å²) in [7, 11) is 2.06. The fourth-order valence-corrected chi connectivity index (χ4v) is 1.95. The van der Waals surface area contributed by atoms with Crippen molar-refractivity contribution in [1.82, 2.24) is 9.97 Å². The van der Waals surface area contributed by atoms with E-state index in [4.69, 9.17) is 11.6 Å². The molecular weight excluding hydrogens is 242 g/mol. The predicted octanol–water partition coefficient (Wildman–Crippen LogP) is 3.04. The monoisotopic (exact) mass is 259 g/mol. The summed E-state index contributed by atoms with van der Waals surface area (Å²) in [5, 5.41) is 1.01. The van der Waals surface area contributed by atoms with Crippen LogP contribution in [0.5, 0.6) is 0 Å². The van der Waals surface area contributed by atoms with E-state index in [-0.39, 0.29) is 0 Å². The molecule has 0 radical (unpaired) electrons. The molecule has 1 heterocycles. The van der Waals surface area contributed by atoms with Gasteiger partial charge in [0.05, 0.1) is 0 Å². The zero-order valence-corrected chi connectivity index (χ0v) is 11.4. The third-order valence-electron chi connectivity index (χ3n) is 2.35. The van der Waals surface area contributed by atoms with Crippen LogP contribution in [0, 0.1) is 0 Å². The molecule has 0 saturated heterocycles. The second-order valence-electron chi connectivity index (χ2n) is 3.59. The first-order valence-corrected chi connectivity index (χ1v) is 7.17. The van der Waals surface area contributed by atoms with Gasteiger partial charge in [-0.15, -0.1) is 23.4 Å². The summed E-state index contributed by atoms with van der Waals surface area (Å²) < 4.78 is 0. The van der Waals surface area contributed by atoms with Crippen molar-refractivity contribution in [1.29, 1.82) is 0 Å². The topological polar surface area (TPSA) is 29.0 Å². The van der Waals surface area contributed by atoms with E-state index >= 15 is 0 Å². The van der Waals surface area contributed by atoms with E-state index in [1.54, 1.807) is 18.1 Å². The van der Waals surface area contributed by atoms with Gasteiger partial charge in [0.1, 0.15) is 17.2 Å². The van der Waals surface area contributed by atoms with Crippen LogP contribution in [0.25, 0.3) is 0 Å². The van der Waals surface area contributed by atoms with Crippen molar-refractivity contribution in [3.63, 3.8) is 0 Å². The van der Waals surface area contributed by atoms with Gasteiger partial charge < -0.3 is 4.90 Å². The molecule has 0 aliphatic heterocycles. The summed E-state index contributed by atoms with van der Waals surface area (Å²) in [4.78, 5) is 10.6. The molecule has 1 aromatic heterocycles. The number of anilines is 1. The molecule has 0 saturated carbocycles. The van der Waals surface area contributed by atoms with Crippen LogP contribution in [0.2, 0.25) is 0 Å². The van der Waals surface area contributed by atoms with Crippen LogP contribution in [0.3, 0.4) is 0 Å². The number of nitrogens with zero attached hydrogens (tertiary/aromatic N) is 3. The number of alkyl halides is 1. The molecule has 16 heavy (non-hydrogen) atoms. The molecule has 0 N–H and O–H groups in total. The van der Waals surface area contributed by atoms with Gasteiger partial charge in [0, 0.05) is 25.5 Å². The molecule has 3 nitrogen and oxygen atoms in total. The highest BCUT2D eigenvalue weighted by Gasteiger charge is 2.03. The molecule has 1 aromatic rings. The molecule has 0 aromatic carbocycles. The first kappa shape index (κ1) is 13.6. The number of rotatable bonds is 7. The van der Waals surface area contributed by atoms with E-state index < -0.39 is 0 Å². The Labute approximate surface area is 107 Å². The van der Waals surface area contributed by atoms with Crippen LogP contribution in [-0.2, 0) is 0 Å². The summed E-state index contributed by atoms with van der Waals surface area (Å²) in [6, 6.07) is 2.02. The lowest BCUT2D eigenvalue weighted by atomic mass is 10.2. The Morgan fingerprint density at radius 1 is 1.31 bits per heavy atom. The van der Waals surface area contributed by atoms with Crippen molar-refractivity contribution in [2.75, 3.05) is 30.6 Å². The molecular formula is C11H18ClN3S. The quantitative estimate of drug-likeness (QED) is 0.326. The van der Waals surface area contributed by atoms with Crippen LogP contribution < -0.4 is 4.90 Å². The third-order valence-corrected chi connectivity index (χ3v) is 3.26. The van der Waals surface area contributed by atoms with E-state index in [0.717, 1.165) is 36.1 Å². The largest absolute Gasteiger partial charge is 0.360 e. The van der Waals surface area contributed by atoms with Gasteiger partial charge in [0.2, 0.25) is 0 Å². The zero-order chi connectivity index (χ0) is 11.8. The van der Waals surface area contributed by atoms with E-state index in [2.05, 4.69) is 21.9 Å². The SMILES string of the molecule is CSc1cc(N(C)CCCCCCl)ncn1. The van der Waals surface area contributed by atoms with E-state index in [9.17, 15) is 0 Å². The molecule has 0 bridgehead atoms. The maximum atomic E-state index is 5.64. The van der Waals surface area contributed by atoms with Crippen molar-refractivity contribution in [2.24, 2.45) is 0 Å². The molecule has 5 heteroatoms. The summed E-state index contributed by atoms with van der Waals surface area (Å²) in [6.07, 6.45) is 7.06. The van der Waals surface area contributed by atoms with E-state index in [1.165, 1.54) is 6.42 Å². The van der Waals surface area contributed by atoms with Gasteiger partial charge in [0.25, 0.3) is 0 Å². The fourth-order valence-electron chi connectivity index (χ4n) is 1.39. The number of hydrogen-bond acceptors (Lipinski definition) is 4. The van der Waals surface area contributed by atoms with Crippen LogP contribution in [0.15, 0.2) is 17.4 Å². The molecule has 90 valence electrons. The van der Waals surface area contributed by atoms with Crippen LogP contribution in [0.1, 0.15) is 19.3 Å². The van der Waals surface area contributed by atoms with Gasteiger partial charge in [-0.1, -0.05) is 6.42 Å². The van der Waals surface area contributed by atoms with E-state index in [0.29, 0.717) is 0 Å². The first-order chi connectivity index (χ1) is 7.77. The second kappa shape index (κ2) is 7.74. The fraction of sp³-hybridized carbons (Fsp3) is 0.636. The molecule has 0 unspecified atom stereocenters. The molecule has 0 fully saturated rings. The van der Waals surface area contributed by atoms with Crippen molar-refractivity contribution < 1.29 is 0 Å². The van der Waals surface area contributed by atoms with Crippen molar-refractivity contribution >= 4 is 29.2 Å². The van der Waals surface area contributed by atoms with Gasteiger partial charge in [-0.25, -0.2) is 9.97 Å². The number of hydrogen-bond donors (Lipinski definition) is 0. The number of aromatic nitrogens is 2. The van der Waals surface area contributed by atoms with Gasteiger partial charge in [-0.2, -0.15) is 0 Å². The zero-order valence-electron chi connectivity index (χ0n) is 9.82. The smallest absolute Gasteiger partial charge is 0.132 e. The van der Waals surface area contributed by atoms with Crippen LogP contribution in [0.4, 0.5) is 5.82 Å². The number of halogens is 1. The summed E-state index contributed by atoms with van der Waals surface area (Å²) in [5.74, 6) is 1.75. The average Bonchev–Trinajstić information content (AvgIpc) is 2.34. The van der Waals surface area contributed by atoms with Crippen molar-refractivity contribution in [3.8, 4) is 0 Å². The Balaban J connectivity index is 2.42. The molecule has 1 rings (SSSR count). The van der Waals surface area contributed by atoms with Gasteiger partial charge in [0.15, 0.2) is 0 Å². The highest BCUT2D eigenvalue weighted by Crippen LogP contribution is 2.16. The van der Waals surface area contributed by atoms with Crippen molar-refractivity contribution in [2.45, 2.75) is 24.3 Å². The number of unbranched alkanes of at least 4 members (excludes halogenated alkanes) is 2. The molecule has 0 spiro atoms. The lowest BCUT2D eigenvalue weighted by Gasteiger charge is -2.17. The van der Waals surface area contributed by atoms with Crippen LogP contribution >= 0.6 is 23.4 Å². The lowest BCUT2D eigenvalue weighted by Crippen LogP contribution is -2.19. The predicted molar refractivity (Wildman–Crippen MR) is 71.7 cm³/mol. The Bertz CT molecular complexity index is 309. The van der Waals surface area contributed by atoms with E-state index in [1.807, 2.05) is 12.3 Å². The summed E-state index contributed by atoms with van der Waals surface area (Å²) in [5.41, 5.74) is 0. The third kappa shape index (κ3) is 4.58. The maximum Gasteiger partial charge on any atom is 0.132 e. The number of thioether (sulfide) groups is 1. The normalized spacial score (nSPS) is 10.4. The van der Waals surface area contributed by atoms with Gasteiger partial charge in [-0.3, -0.25) is 0 Å². The Morgan fingerprint density at radius 2 is 2.12 bits per heavy atom. The molecule has 0 aliphatic rings. The second-order valence-corrected chi connectivity index (χ2v) is 4.79. The van der Waals surface area contributed by atoms with Crippen molar-refractivity contribution in [3.05, 3.63) is 12.4 Å². The first-order valence-electron chi connectivity index (χ1n) is 5.41. The Morgan fingerprint density at radius 3 is 2.81 bits per heavy atom. The minimum atomic E-state index is 0.758. The summed E-state index contributed by atoms with van der Waals surface area (Å²) >= 11 is 7.27. The minimum absolute atomic E-state index is 0.758. The Hall–Kier alpha value is -0.480. The summed E-state index contributed by atoms with van der Waals surface area (Å²) in [6.45, 7) is 1.02.